The van der Waals surface area contributed by atoms with Crippen molar-refractivity contribution >= 4 is 28.2 Å². The van der Waals surface area contributed by atoms with Crippen LogP contribution in [0.5, 0.6) is 0 Å². The highest BCUT2D eigenvalue weighted by Crippen LogP contribution is 2.18. The van der Waals surface area contributed by atoms with Crippen molar-refractivity contribution < 1.29 is 13.2 Å². The molecule has 0 aromatic heterocycles. The maximum atomic E-state index is 12.0. The monoisotopic (exact) mass is 417 g/mol. The fraction of sp³-hybridized carbons (Fsp3) is 0.632. The van der Waals surface area contributed by atoms with Gasteiger partial charge in [0.1, 0.15) is 9.84 Å². The zero-order chi connectivity index (χ0) is 19.2. The Kier molecular flexibility index (Phi) is 9.73. The Morgan fingerprint density at radius 2 is 1.78 bits per heavy atom. The van der Waals surface area contributed by atoms with E-state index in [1.807, 2.05) is 12.1 Å². The summed E-state index contributed by atoms with van der Waals surface area (Å²) in [6.07, 6.45) is 3.81. The number of nitrogens with zero attached hydrogens (tertiary/aromatic N) is 1. The summed E-state index contributed by atoms with van der Waals surface area (Å²) in [6.45, 7) is 5.99. The molecule has 1 fully saturated rings. The fourth-order valence-electron chi connectivity index (χ4n) is 3.03. The van der Waals surface area contributed by atoms with Gasteiger partial charge in [-0.25, -0.2) is 8.42 Å². The first-order valence-corrected chi connectivity index (χ1v) is 11.3. The van der Waals surface area contributed by atoms with E-state index in [1.54, 1.807) is 0 Å². The van der Waals surface area contributed by atoms with E-state index in [1.165, 1.54) is 18.4 Å². The molecular weight excluding hydrogens is 386 g/mol. The van der Waals surface area contributed by atoms with Crippen LogP contribution in [-0.2, 0) is 27.7 Å². The lowest BCUT2D eigenvalue weighted by Crippen LogP contribution is -2.41. The van der Waals surface area contributed by atoms with Gasteiger partial charge in [-0.1, -0.05) is 31.2 Å². The smallest absolute Gasteiger partial charge is 0.237 e. The second-order valence-electron chi connectivity index (χ2n) is 7.52. The van der Waals surface area contributed by atoms with E-state index < -0.39 is 15.9 Å². The van der Waals surface area contributed by atoms with Crippen molar-refractivity contribution in [1.29, 1.82) is 0 Å². The number of carbonyl (C=O) groups is 1. The van der Waals surface area contributed by atoms with Crippen LogP contribution < -0.4 is 11.1 Å². The van der Waals surface area contributed by atoms with Crippen molar-refractivity contribution in [2.24, 2.45) is 11.7 Å². The lowest BCUT2D eigenvalue weighted by Gasteiger charge is -2.30. The molecular formula is C19H32ClN3O3S. The maximum Gasteiger partial charge on any atom is 0.237 e. The van der Waals surface area contributed by atoms with Gasteiger partial charge in [0.2, 0.25) is 5.91 Å². The molecule has 1 aromatic carbocycles. The van der Waals surface area contributed by atoms with Crippen LogP contribution in [0.3, 0.4) is 0 Å². The molecule has 27 heavy (non-hydrogen) atoms. The Bertz CT molecular complexity index is 687. The summed E-state index contributed by atoms with van der Waals surface area (Å²) in [4.78, 5) is 14.4. The van der Waals surface area contributed by atoms with E-state index in [4.69, 9.17) is 5.73 Å². The molecule has 8 heteroatoms. The van der Waals surface area contributed by atoms with E-state index in [2.05, 4.69) is 29.3 Å². The average molecular weight is 418 g/mol. The zero-order valence-electron chi connectivity index (χ0n) is 16.2. The largest absolute Gasteiger partial charge is 0.351 e. The number of nitrogens with two attached hydrogens (primary N) is 1. The maximum absolute atomic E-state index is 12.0. The number of sulfone groups is 1. The number of piperidine rings is 1. The van der Waals surface area contributed by atoms with Gasteiger partial charge >= 0.3 is 0 Å². The van der Waals surface area contributed by atoms with Gasteiger partial charge in [-0.3, -0.25) is 9.69 Å². The number of rotatable bonds is 8. The van der Waals surface area contributed by atoms with Gasteiger partial charge in [-0.15, -0.1) is 12.4 Å². The third-order valence-corrected chi connectivity index (χ3v) is 5.89. The third-order valence-electron chi connectivity index (χ3n) is 4.91. The standard InChI is InChI=1S/C19H31N3O3S.ClH/c1-15-7-10-22(11-8-15)14-17-5-3-16(4-6-17)13-21-19(23)18(20)9-12-26(2,24)25;/h3-6,15,18H,7-14,20H2,1-2H3,(H,21,23);1H. The van der Waals surface area contributed by atoms with Crippen LogP contribution >= 0.6 is 12.4 Å². The SMILES string of the molecule is CC1CCN(Cc2ccc(CNC(=O)C(N)CCS(C)(=O)=O)cc2)CC1.Cl. The van der Waals surface area contributed by atoms with Crippen LogP contribution in [0.1, 0.15) is 37.3 Å². The summed E-state index contributed by atoms with van der Waals surface area (Å²) >= 11 is 0. The lowest BCUT2D eigenvalue weighted by atomic mass is 9.99. The minimum absolute atomic E-state index is 0. The second-order valence-corrected chi connectivity index (χ2v) is 9.78. The van der Waals surface area contributed by atoms with Crippen LogP contribution in [0.25, 0.3) is 0 Å². The van der Waals surface area contributed by atoms with Crippen molar-refractivity contribution in [2.45, 2.75) is 45.3 Å². The Hall–Kier alpha value is -1.15. The quantitative estimate of drug-likeness (QED) is 0.671. The molecule has 1 aliphatic rings. The topological polar surface area (TPSA) is 92.5 Å². The van der Waals surface area contributed by atoms with Crippen LogP contribution in [0.2, 0.25) is 0 Å². The highest BCUT2D eigenvalue weighted by atomic mass is 35.5. The predicted molar refractivity (Wildman–Crippen MR) is 112 cm³/mol. The number of carbonyl (C=O) groups excluding carboxylic acids is 1. The molecule has 6 nitrogen and oxygen atoms in total. The van der Waals surface area contributed by atoms with Crippen LogP contribution in [-0.4, -0.2) is 50.4 Å². The van der Waals surface area contributed by atoms with E-state index >= 15 is 0 Å². The first kappa shape index (κ1) is 23.9. The van der Waals surface area contributed by atoms with Crippen molar-refractivity contribution in [3.63, 3.8) is 0 Å². The average Bonchev–Trinajstić information content (AvgIpc) is 2.60. The summed E-state index contributed by atoms with van der Waals surface area (Å²) in [5.74, 6) is 0.437. The number of benzene rings is 1. The van der Waals surface area contributed by atoms with Crippen LogP contribution in [0.4, 0.5) is 0 Å². The normalized spacial score (nSPS) is 17.1. The number of hydrogen-bond acceptors (Lipinski definition) is 5. The Morgan fingerprint density at radius 1 is 1.22 bits per heavy atom. The molecule has 1 saturated heterocycles. The molecule has 2 rings (SSSR count). The number of hydrogen-bond donors (Lipinski definition) is 2. The number of likely N-dealkylation sites (tertiary alicyclic amines) is 1. The summed E-state index contributed by atoms with van der Waals surface area (Å²) in [5, 5.41) is 2.77. The van der Waals surface area contributed by atoms with E-state index in [0.29, 0.717) is 6.54 Å². The van der Waals surface area contributed by atoms with Crippen molar-refractivity contribution in [2.75, 3.05) is 25.1 Å². The summed E-state index contributed by atoms with van der Waals surface area (Å²) in [7, 11) is -3.10. The molecule has 1 unspecified atom stereocenters. The summed E-state index contributed by atoms with van der Waals surface area (Å²) in [5.41, 5.74) is 8.03. The molecule has 3 N–H and O–H groups in total. The molecule has 0 radical (unpaired) electrons. The predicted octanol–water partition coefficient (Wildman–Crippen LogP) is 1.72. The van der Waals surface area contributed by atoms with E-state index in [-0.39, 0.29) is 30.5 Å². The highest BCUT2D eigenvalue weighted by Gasteiger charge is 2.17. The van der Waals surface area contributed by atoms with Gasteiger partial charge in [0.15, 0.2) is 0 Å². The zero-order valence-corrected chi connectivity index (χ0v) is 17.8. The van der Waals surface area contributed by atoms with Gasteiger partial charge in [0.25, 0.3) is 0 Å². The first-order chi connectivity index (χ1) is 12.2. The van der Waals surface area contributed by atoms with Gasteiger partial charge in [0, 0.05) is 19.3 Å². The highest BCUT2D eigenvalue weighted by molar-refractivity contribution is 7.90. The van der Waals surface area contributed by atoms with Crippen LogP contribution in [0, 0.1) is 5.92 Å². The molecule has 0 aliphatic carbocycles. The molecule has 1 amide bonds. The van der Waals surface area contributed by atoms with Gasteiger partial charge in [-0.05, 0) is 49.4 Å². The molecule has 1 aromatic rings. The van der Waals surface area contributed by atoms with Gasteiger partial charge in [-0.2, -0.15) is 0 Å². The van der Waals surface area contributed by atoms with Crippen molar-refractivity contribution in [1.82, 2.24) is 10.2 Å². The second kappa shape index (κ2) is 11.0. The first-order valence-electron chi connectivity index (χ1n) is 9.24. The summed E-state index contributed by atoms with van der Waals surface area (Å²) in [6, 6.07) is 7.44. The lowest BCUT2D eigenvalue weighted by molar-refractivity contribution is -0.122. The molecule has 0 spiro atoms. The van der Waals surface area contributed by atoms with Crippen LogP contribution in [0.15, 0.2) is 24.3 Å². The molecule has 0 saturated carbocycles. The fourth-order valence-corrected chi connectivity index (χ4v) is 3.72. The molecule has 1 atom stereocenters. The minimum Gasteiger partial charge on any atom is -0.351 e. The summed E-state index contributed by atoms with van der Waals surface area (Å²) < 4.78 is 22.3. The van der Waals surface area contributed by atoms with Crippen molar-refractivity contribution in [3.05, 3.63) is 35.4 Å². The molecule has 0 bridgehead atoms. The number of amides is 1. The Labute approximate surface area is 169 Å². The number of nitrogens with one attached hydrogen (secondary N) is 1. The van der Waals surface area contributed by atoms with E-state index in [0.717, 1.165) is 37.4 Å². The Morgan fingerprint density at radius 3 is 2.33 bits per heavy atom. The molecule has 1 aliphatic heterocycles. The van der Waals surface area contributed by atoms with Crippen molar-refractivity contribution in [3.8, 4) is 0 Å². The number of halogens is 1. The molecule has 1 heterocycles. The van der Waals surface area contributed by atoms with Gasteiger partial charge in [0.05, 0.1) is 11.8 Å². The minimum atomic E-state index is -3.10. The van der Waals surface area contributed by atoms with Gasteiger partial charge < -0.3 is 11.1 Å². The third kappa shape index (κ3) is 9.06. The molecule has 154 valence electrons. The van der Waals surface area contributed by atoms with E-state index in [9.17, 15) is 13.2 Å². The Balaban J connectivity index is 0.00000364.